The number of halogens is 3. The molecule has 1 rings (SSSR count). The summed E-state index contributed by atoms with van der Waals surface area (Å²) in [6.07, 6.45) is -4.19. The Kier molecular flexibility index (Phi) is 4.71. The molecular weight excluding hydrogens is 265 g/mol. The summed E-state index contributed by atoms with van der Waals surface area (Å²) in [4.78, 5) is 9.76. The Balaban J connectivity index is 3.20. The van der Waals surface area contributed by atoms with Crippen molar-refractivity contribution < 1.29 is 23.2 Å². The molecule has 1 unspecified atom stereocenters. The molecule has 5 nitrogen and oxygen atoms in total. The largest absolute Gasteiger partial charge is 0.508 e. The Morgan fingerprint density at radius 3 is 2.58 bits per heavy atom. The first-order chi connectivity index (χ1) is 8.77. The minimum Gasteiger partial charge on any atom is -0.508 e. The number of benzene rings is 1. The van der Waals surface area contributed by atoms with Crippen molar-refractivity contribution in [2.45, 2.75) is 25.6 Å². The molecule has 0 amide bonds. The molecule has 0 aliphatic heterocycles. The van der Waals surface area contributed by atoms with E-state index in [4.69, 9.17) is 0 Å². The van der Waals surface area contributed by atoms with Gasteiger partial charge in [-0.25, -0.2) is 0 Å². The van der Waals surface area contributed by atoms with Gasteiger partial charge in [0.25, 0.3) is 5.69 Å². The lowest BCUT2D eigenvalue weighted by Gasteiger charge is -2.22. The van der Waals surface area contributed by atoms with E-state index in [2.05, 4.69) is 5.32 Å². The average molecular weight is 278 g/mol. The monoisotopic (exact) mass is 278 g/mol. The van der Waals surface area contributed by atoms with Crippen molar-refractivity contribution in [2.24, 2.45) is 0 Å². The molecule has 0 aliphatic carbocycles. The van der Waals surface area contributed by atoms with E-state index in [9.17, 15) is 28.4 Å². The minimum absolute atomic E-state index is 0.0757. The van der Waals surface area contributed by atoms with Crippen LogP contribution in [0.25, 0.3) is 0 Å². The summed E-state index contributed by atoms with van der Waals surface area (Å²) >= 11 is 0. The van der Waals surface area contributed by atoms with Crippen LogP contribution < -0.4 is 5.32 Å². The molecule has 0 heterocycles. The van der Waals surface area contributed by atoms with Crippen LogP contribution in [0.5, 0.6) is 5.75 Å². The number of nitrogens with zero attached hydrogens (tertiary/aromatic N) is 1. The van der Waals surface area contributed by atoms with E-state index < -0.39 is 34.1 Å². The summed E-state index contributed by atoms with van der Waals surface area (Å²) in [7, 11) is 0. The van der Waals surface area contributed by atoms with Crippen molar-refractivity contribution in [3.05, 3.63) is 33.9 Å². The number of aromatic hydroxyl groups is 1. The number of nitrogens with one attached hydrogen (secondary N) is 1. The molecule has 1 aromatic carbocycles. The lowest BCUT2D eigenvalue weighted by molar-refractivity contribution is -0.385. The zero-order chi connectivity index (χ0) is 14.6. The first-order valence-electron chi connectivity index (χ1n) is 5.54. The molecule has 0 spiro atoms. The van der Waals surface area contributed by atoms with Crippen LogP contribution in [0, 0.1) is 10.1 Å². The van der Waals surface area contributed by atoms with Crippen LogP contribution in [0.3, 0.4) is 0 Å². The van der Waals surface area contributed by atoms with Gasteiger partial charge < -0.3 is 10.4 Å². The molecule has 2 N–H and O–H groups in total. The number of non-ortho nitro benzene ring substituents is 1. The van der Waals surface area contributed by atoms with Crippen molar-refractivity contribution in [1.29, 1.82) is 0 Å². The minimum atomic E-state index is -4.65. The number of hydrogen-bond acceptors (Lipinski definition) is 4. The Labute approximate surface area is 107 Å². The van der Waals surface area contributed by atoms with Crippen LogP contribution in [-0.4, -0.2) is 22.8 Å². The summed E-state index contributed by atoms with van der Waals surface area (Å²) in [5.41, 5.74) is -1.05. The third-order valence-corrected chi connectivity index (χ3v) is 2.46. The molecule has 0 aliphatic rings. The van der Waals surface area contributed by atoms with E-state index in [1.165, 1.54) is 0 Å². The zero-order valence-corrected chi connectivity index (χ0v) is 10.1. The highest BCUT2D eigenvalue weighted by atomic mass is 19.4. The van der Waals surface area contributed by atoms with E-state index >= 15 is 0 Å². The standard InChI is InChI=1S/C11H13F3N2O3/c1-2-5-15-10(11(12,13)14)8-6-7(16(18)19)3-4-9(8)17/h3-4,6,10,15,17H,2,5H2,1H3. The predicted molar refractivity (Wildman–Crippen MR) is 61.9 cm³/mol. The molecule has 0 radical (unpaired) electrons. The van der Waals surface area contributed by atoms with Crippen molar-refractivity contribution >= 4 is 5.69 Å². The molecule has 0 fully saturated rings. The number of nitro groups is 1. The topological polar surface area (TPSA) is 75.4 Å². The summed E-state index contributed by atoms with van der Waals surface area (Å²) in [5.74, 6) is -0.628. The van der Waals surface area contributed by atoms with Crippen LogP contribution in [0.1, 0.15) is 24.9 Å². The van der Waals surface area contributed by atoms with Crippen LogP contribution in [-0.2, 0) is 0 Å². The average Bonchev–Trinajstić information content (AvgIpc) is 2.29. The molecule has 0 saturated heterocycles. The van der Waals surface area contributed by atoms with Gasteiger partial charge in [0.2, 0.25) is 0 Å². The van der Waals surface area contributed by atoms with E-state index in [0.717, 1.165) is 18.2 Å². The first kappa shape index (κ1) is 15.2. The maximum atomic E-state index is 12.9. The van der Waals surface area contributed by atoms with Crippen molar-refractivity contribution in [2.75, 3.05) is 6.54 Å². The Morgan fingerprint density at radius 2 is 2.11 bits per heavy atom. The third kappa shape index (κ3) is 3.82. The molecule has 106 valence electrons. The molecule has 8 heteroatoms. The van der Waals surface area contributed by atoms with Gasteiger partial charge in [0.15, 0.2) is 0 Å². The van der Waals surface area contributed by atoms with Gasteiger partial charge in [0.05, 0.1) is 4.92 Å². The number of nitro benzene ring substituents is 1. The maximum Gasteiger partial charge on any atom is 0.408 e. The highest BCUT2D eigenvalue weighted by Gasteiger charge is 2.42. The molecular formula is C11H13F3N2O3. The SMILES string of the molecule is CCCNC(c1cc([N+](=O)[O-])ccc1O)C(F)(F)F. The Hall–Kier alpha value is -1.83. The van der Waals surface area contributed by atoms with Gasteiger partial charge in [0, 0.05) is 17.7 Å². The smallest absolute Gasteiger partial charge is 0.408 e. The number of phenols is 1. The second-order valence-corrected chi connectivity index (χ2v) is 3.93. The van der Waals surface area contributed by atoms with Gasteiger partial charge in [0.1, 0.15) is 11.8 Å². The highest BCUT2D eigenvalue weighted by Crippen LogP contribution is 2.38. The second-order valence-electron chi connectivity index (χ2n) is 3.93. The Bertz CT molecular complexity index is 463. The maximum absolute atomic E-state index is 12.9. The van der Waals surface area contributed by atoms with Crippen LogP contribution in [0.2, 0.25) is 0 Å². The Morgan fingerprint density at radius 1 is 1.47 bits per heavy atom. The van der Waals surface area contributed by atoms with Crippen LogP contribution >= 0.6 is 0 Å². The van der Waals surface area contributed by atoms with Gasteiger partial charge in [-0.3, -0.25) is 10.1 Å². The molecule has 1 aromatic rings. The lowest BCUT2D eigenvalue weighted by Crippen LogP contribution is -2.34. The summed E-state index contributed by atoms with van der Waals surface area (Å²) in [5, 5.41) is 22.3. The zero-order valence-electron chi connectivity index (χ0n) is 10.1. The number of rotatable bonds is 5. The molecule has 19 heavy (non-hydrogen) atoms. The van der Waals surface area contributed by atoms with E-state index in [1.54, 1.807) is 6.92 Å². The quantitative estimate of drug-likeness (QED) is 0.641. The summed E-state index contributed by atoms with van der Waals surface area (Å²) in [6, 6.07) is 0.439. The third-order valence-electron chi connectivity index (χ3n) is 2.46. The predicted octanol–water partition coefficient (Wildman–Crippen LogP) is 2.90. The van der Waals surface area contributed by atoms with E-state index in [0.29, 0.717) is 6.42 Å². The van der Waals surface area contributed by atoms with Gasteiger partial charge in [-0.1, -0.05) is 6.92 Å². The highest BCUT2D eigenvalue weighted by molar-refractivity contribution is 5.45. The molecule has 0 aromatic heterocycles. The number of alkyl halides is 3. The normalized spacial score (nSPS) is 13.3. The number of phenolic OH excluding ortho intramolecular Hbond substituents is 1. The second kappa shape index (κ2) is 5.87. The van der Waals surface area contributed by atoms with Gasteiger partial charge >= 0.3 is 6.18 Å². The summed E-state index contributed by atoms with van der Waals surface area (Å²) < 4.78 is 38.7. The lowest BCUT2D eigenvalue weighted by atomic mass is 10.0. The fraction of sp³-hybridized carbons (Fsp3) is 0.455. The van der Waals surface area contributed by atoms with Gasteiger partial charge in [-0.15, -0.1) is 0 Å². The molecule has 0 saturated carbocycles. The van der Waals surface area contributed by atoms with E-state index in [1.807, 2.05) is 0 Å². The first-order valence-corrected chi connectivity index (χ1v) is 5.54. The van der Waals surface area contributed by atoms with Crippen LogP contribution in [0.4, 0.5) is 18.9 Å². The van der Waals surface area contributed by atoms with Crippen molar-refractivity contribution in [3.63, 3.8) is 0 Å². The summed E-state index contributed by atoms with van der Waals surface area (Å²) in [6.45, 7) is 1.76. The van der Waals surface area contributed by atoms with Gasteiger partial charge in [-0.05, 0) is 19.0 Å². The fourth-order valence-electron chi connectivity index (χ4n) is 1.58. The van der Waals surface area contributed by atoms with Gasteiger partial charge in [-0.2, -0.15) is 13.2 Å². The van der Waals surface area contributed by atoms with Crippen molar-refractivity contribution in [1.82, 2.24) is 5.32 Å². The fourth-order valence-corrected chi connectivity index (χ4v) is 1.58. The van der Waals surface area contributed by atoms with Crippen molar-refractivity contribution in [3.8, 4) is 5.75 Å². The molecule has 1 atom stereocenters. The molecule has 0 bridgehead atoms. The van der Waals surface area contributed by atoms with Crippen LogP contribution in [0.15, 0.2) is 18.2 Å². The number of hydrogen-bond donors (Lipinski definition) is 2. The van der Waals surface area contributed by atoms with E-state index in [-0.39, 0.29) is 6.54 Å².